The molecule has 1 fully saturated rings. The average Bonchev–Trinajstić information content (AvgIpc) is 3.17. The van der Waals surface area contributed by atoms with Gasteiger partial charge in [0.1, 0.15) is 17.9 Å². The second-order valence-electron chi connectivity index (χ2n) is 10.8. The number of nitrogens with two attached hydrogens (primary N) is 1. The van der Waals surface area contributed by atoms with E-state index < -0.39 is 40.6 Å². The standard InChI is InChI=1S/C30H31Cl2F2N3O2/c1-29(2,13-14-36-28(39)18-7-4-3-5-8-18)16-25-30(35,21-12-11-19(31)15-23(21)33)26(24(17-38)37-25)20-9-6-10-22(32)27(20)34/h3-12,15,17,24-26,37H,13-14,16,35H2,1-2H3,(H,36,39)/t24-,25-,26-,30+/m0/s1. The Morgan fingerprint density at radius 3 is 2.49 bits per heavy atom. The molecule has 39 heavy (non-hydrogen) atoms. The molecule has 3 aromatic rings. The molecule has 4 N–H and O–H groups in total. The number of rotatable bonds is 9. The van der Waals surface area contributed by atoms with E-state index in [9.17, 15) is 9.59 Å². The highest BCUT2D eigenvalue weighted by atomic mass is 35.5. The van der Waals surface area contributed by atoms with E-state index >= 15 is 8.78 Å². The van der Waals surface area contributed by atoms with Crippen molar-refractivity contribution in [2.45, 2.75) is 50.2 Å². The van der Waals surface area contributed by atoms with Gasteiger partial charge in [-0.15, -0.1) is 0 Å². The highest BCUT2D eigenvalue weighted by Gasteiger charge is 2.56. The van der Waals surface area contributed by atoms with Gasteiger partial charge in [0, 0.05) is 34.7 Å². The van der Waals surface area contributed by atoms with E-state index in [0.29, 0.717) is 31.2 Å². The van der Waals surface area contributed by atoms with Crippen molar-refractivity contribution >= 4 is 35.4 Å². The molecular formula is C30H31Cl2F2N3O2. The molecule has 0 aliphatic carbocycles. The Balaban J connectivity index is 1.66. The van der Waals surface area contributed by atoms with Gasteiger partial charge in [-0.25, -0.2) is 8.78 Å². The Morgan fingerprint density at radius 1 is 1.10 bits per heavy atom. The Hall–Kier alpha value is -2.84. The van der Waals surface area contributed by atoms with Gasteiger partial charge in [-0.1, -0.05) is 73.4 Å². The normalized spacial score (nSPS) is 23.0. The zero-order valence-electron chi connectivity index (χ0n) is 21.7. The van der Waals surface area contributed by atoms with Crippen LogP contribution in [0.25, 0.3) is 0 Å². The number of carbonyl (C=O) groups is 2. The van der Waals surface area contributed by atoms with Gasteiger partial charge in [0.25, 0.3) is 5.91 Å². The van der Waals surface area contributed by atoms with Crippen LogP contribution in [0.4, 0.5) is 8.78 Å². The van der Waals surface area contributed by atoms with Crippen LogP contribution in [-0.2, 0) is 10.3 Å². The van der Waals surface area contributed by atoms with Crippen molar-refractivity contribution < 1.29 is 18.4 Å². The summed E-state index contributed by atoms with van der Waals surface area (Å²) in [5.74, 6) is -2.49. The number of benzene rings is 3. The van der Waals surface area contributed by atoms with Gasteiger partial charge < -0.3 is 21.2 Å². The maximum atomic E-state index is 15.5. The molecule has 4 atom stereocenters. The van der Waals surface area contributed by atoms with E-state index in [1.807, 2.05) is 19.9 Å². The minimum absolute atomic E-state index is 0.117. The SMILES string of the molecule is CC(C)(CCNC(=O)c1ccccc1)C[C@@H]1N[C@@H](C=O)[C@H](c2cccc(Cl)c2F)[C@@]1(N)c1ccc(Cl)cc1F. The number of hydrogen-bond acceptors (Lipinski definition) is 4. The quantitative estimate of drug-likeness (QED) is 0.275. The molecule has 1 heterocycles. The summed E-state index contributed by atoms with van der Waals surface area (Å²) in [5, 5.41) is 6.26. The van der Waals surface area contributed by atoms with Crippen molar-refractivity contribution in [2.24, 2.45) is 11.1 Å². The fraction of sp³-hybridized carbons (Fsp3) is 0.333. The fourth-order valence-corrected chi connectivity index (χ4v) is 5.93. The van der Waals surface area contributed by atoms with E-state index in [0.717, 1.165) is 6.07 Å². The third kappa shape index (κ3) is 6.02. The number of amides is 1. The first-order valence-electron chi connectivity index (χ1n) is 12.7. The number of carbonyl (C=O) groups excluding carboxylic acids is 2. The Kier molecular flexibility index (Phi) is 8.76. The first-order chi connectivity index (χ1) is 18.5. The number of hydrogen-bond donors (Lipinski definition) is 3. The zero-order valence-corrected chi connectivity index (χ0v) is 23.2. The maximum absolute atomic E-state index is 15.5. The van der Waals surface area contributed by atoms with Gasteiger partial charge in [-0.05, 0) is 54.2 Å². The van der Waals surface area contributed by atoms with Crippen LogP contribution in [0.15, 0.2) is 66.7 Å². The van der Waals surface area contributed by atoms with E-state index in [2.05, 4.69) is 10.6 Å². The molecular weight excluding hydrogens is 543 g/mol. The summed E-state index contributed by atoms with van der Waals surface area (Å²) >= 11 is 12.1. The minimum Gasteiger partial charge on any atom is -0.352 e. The van der Waals surface area contributed by atoms with Crippen LogP contribution < -0.4 is 16.4 Å². The lowest BCUT2D eigenvalue weighted by Gasteiger charge is -2.40. The number of nitrogens with one attached hydrogen (secondary N) is 2. The third-order valence-corrected chi connectivity index (χ3v) is 8.11. The lowest BCUT2D eigenvalue weighted by Crippen LogP contribution is -2.52. The molecule has 1 saturated heterocycles. The third-order valence-electron chi connectivity index (χ3n) is 7.58. The summed E-state index contributed by atoms with van der Waals surface area (Å²) in [5.41, 5.74) is 5.97. The van der Waals surface area contributed by atoms with Gasteiger partial charge in [0.15, 0.2) is 0 Å². The van der Waals surface area contributed by atoms with E-state index in [-0.39, 0.29) is 27.1 Å². The predicted molar refractivity (Wildman–Crippen MR) is 150 cm³/mol. The van der Waals surface area contributed by atoms with E-state index in [1.165, 1.54) is 24.3 Å². The van der Waals surface area contributed by atoms with Gasteiger partial charge in [0.2, 0.25) is 0 Å². The molecule has 1 aliphatic rings. The first kappa shape index (κ1) is 29.2. The van der Waals surface area contributed by atoms with Crippen LogP contribution in [0, 0.1) is 17.0 Å². The molecule has 3 aromatic carbocycles. The summed E-state index contributed by atoms with van der Waals surface area (Å²) in [7, 11) is 0. The van der Waals surface area contributed by atoms with Crippen molar-refractivity contribution in [3.63, 3.8) is 0 Å². The molecule has 5 nitrogen and oxygen atoms in total. The number of aldehydes is 1. The molecule has 1 amide bonds. The van der Waals surface area contributed by atoms with Gasteiger partial charge >= 0.3 is 0 Å². The smallest absolute Gasteiger partial charge is 0.251 e. The monoisotopic (exact) mass is 573 g/mol. The second kappa shape index (κ2) is 11.7. The van der Waals surface area contributed by atoms with E-state index in [1.54, 1.807) is 30.3 Å². The highest BCUT2D eigenvalue weighted by molar-refractivity contribution is 6.31. The van der Waals surface area contributed by atoms with Gasteiger partial charge in [-0.3, -0.25) is 4.79 Å². The maximum Gasteiger partial charge on any atom is 0.251 e. The van der Waals surface area contributed by atoms with Crippen LogP contribution in [0.5, 0.6) is 0 Å². The molecule has 1 aliphatic heterocycles. The summed E-state index contributed by atoms with van der Waals surface area (Å²) < 4.78 is 30.8. The summed E-state index contributed by atoms with van der Waals surface area (Å²) in [6.45, 7) is 4.40. The zero-order chi connectivity index (χ0) is 28.4. The molecule has 0 saturated carbocycles. The fourth-order valence-electron chi connectivity index (χ4n) is 5.59. The minimum atomic E-state index is -1.53. The van der Waals surface area contributed by atoms with Crippen LogP contribution in [-0.4, -0.2) is 30.8 Å². The Bertz CT molecular complexity index is 1360. The van der Waals surface area contributed by atoms with Crippen molar-refractivity contribution in [3.8, 4) is 0 Å². The molecule has 0 radical (unpaired) electrons. The molecule has 9 heteroatoms. The largest absolute Gasteiger partial charge is 0.352 e. The van der Waals surface area contributed by atoms with Crippen molar-refractivity contribution in [1.29, 1.82) is 0 Å². The second-order valence-corrected chi connectivity index (χ2v) is 11.6. The van der Waals surface area contributed by atoms with Crippen LogP contribution >= 0.6 is 23.2 Å². The summed E-state index contributed by atoms with van der Waals surface area (Å²) in [6.07, 6.45) is 1.65. The predicted octanol–water partition coefficient (Wildman–Crippen LogP) is 5.99. The average molecular weight is 574 g/mol. The topological polar surface area (TPSA) is 84.2 Å². The molecule has 206 valence electrons. The van der Waals surface area contributed by atoms with Crippen LogP contribution in [0.1, 0.15) is 54.1 Å². The van der Waals surface area contributed by atoms with Crippen molar-refractivity contribution in [1.82, 2.24) is 10.6 Å². The molecule has 4 rings (SSSR count). The molecule has 0 unspecified atom stereocenters. The molecule has 0 bridgehead atoms. The van der Waals surface area contributed by atoms with E-state index in [4.69, 9.17) is 28.9 Å². The highest BCUT2D eigenvalue weighted by Crippen LogP contribution is 2.49. The van der Waals surface area contributed by atoms with Crippen LogP contribution in [0.2, 0.25) is 10.0 Å². The van der Waals surface area contributed by atoms with Crippen molar-refractivity contribution in [3.05, 3.63) is 105 Å². The summed E-state index contributed by atoms with van der Waals surface area (Å²) in [6, 6.07) is 16.0. The Morgan fingerprint density at radius 2 is 1.82 bits per heavy atom. The van der Waals surface area contributed by atoms with Gasteiger partial charge in [0.05, 0.1) is 16.6 Å². The number of halogens is 4. The first-order valence-corrected chi connectivity index (χ1v) is 13.5. The lowest BCUT2D eigenvalue weighted by molar-refractivity contribution is -0.109. The molecule has 0 spiro atoms. The van der Waals surface area contributed by atoms with Gasteiger partial charge in [-0.2, -0.15) is 0 Å². The lowest BCUT2D eigenvalue weighted by atomic mass is 9.68. The molecule has 0 aromatic heterocycles. The Labute approximate surface area is 237 Å². The summed E-state index contributed by atoms with van der Waals surface area (Å²) in [4.78, 5) is 24.8. The van der Waals surface area contributed by atoms with Crippen LogP contribution in [0.3, 0.4) is 0 Å². The van der Waals surface area contributed by atoms with Crippen molar-refractivity contribution in [2.75, 3.05) is 6.54 Å².